The van der Waals surface area contributed by atoms with Gasteiger partial charge in [0.05, 0.1) is 0 Å². The number of carbonyl (C=O) groups excluding carboxylic acids is 1. The number of likely N-dealkylation sites (tertiary alicyclic amines) is 1. The third kappa shape index (κ3) is 4.97. The van der Waals surface area contributed by atoms with Crippen molar-refractivity contribution in [3.63, 3.8) is 0 Å². The number of amides is 1. The quantitative estimate of drug-likeness (QED) is 0.932. The summed E-state index contributed by atoms with van der Waals surface area (Å²) in [6, 6.07) is 0. The van der Waals surface area contributed by atoms with Gasteiger partial charge in [-0.05, 0) is 40.5 Å². The van der Waals surface area contributed by atoms with E-state index >= 15 is 0 Å². The minimum atomic E-state index is -0.430. The van der Waals surface area contributed by atoms with E-state index in [1.807, 2.05) is 32.3 Å². The van der Waals surface area contributed by atoms with Crippen molar-refractivity contribution in [2.75, 3.05) is 13.1 Å². The first-order chi connectivity index (χ1) is 9.77. The molecule has 1 aliphatic heterocycles. The minimum Gasteiger partial charge on any atom is -0.444 e. The molecule has 1 aliphatic rings. The van der Waals surface area contributed by atoms with Gasteiger partial charge < -0.3 is 15.0 Å². The molecule has 6 heteroatoms. The fraction of sp³-hybridized carbons (Fsp3) is 0.733. The van der Waals surface area contributed by atoms with Crippen LogP contribution in [0, 0.1) is 0 Å². The number of aromatic nitrogens is 1. The van der Waals surface area contributed by atoms with Gasteiger partial charge in [-0.25, -0.2) is 9.78 Å². The molecule has 0 atom stereocenters. The fourth-order valence-electron chi connectivity index (χ4n) is 2.32. The summed E-state index contributed by atoms with van der Waals surface area (Å²) in [7, 11) is 0. The predicted octanol–water partition coefficient (Wildman–Crippen LogP) is 3.02. The van der Waals surface area contributed by atoms with Crippen LogP contribution in [0.25, 0.3) is 0 Å². The van der Waals surface area contributed by atoms with Gasteiger partial charge in [0.1, 0.15) is 10.6 Å². The number of rotatable bonds is 3. The van der Waals surface area contributed by atoms with Crippen LogP contribution in [0.2, 0.25) is 0 Å². The molecule has 0 unspecified atom stereocenters. The zero-order valence-corrected chi connectivity index (χ0v) is 14.1. The van der Waals surface area contributed by atoms with Crippen molar-refractivity contribution < 1.29 is 9.53 Å². The highest BCUT2D eigenvalue weighted by Crippen LogP contribution is 2.24. The van der Waals surface area contributed by atoms with Gasteiger partial charge in [0.25, 0.3) is 0 Å². The molecule has 118 valence electrons. The lowest BCUT2D eigenvalue weighted by Crippen LogP contribution is -2.53. The van der Waals surface area contributed by atoms with Gasteiger partial charge in [0.2, 0.25) is 0 Å². The predicted molar refractivity (Wildman–Crippen MR) is 84.4 cm³/mol. The second-order valence-electron chi connectivity index (χ2n) is 6.81. The van der Waals surface area contributed by atoms with Crippen molar-refractivity contribution in [2.45, 2.75) is 58.2 Å². The molecule has 0 bridgehead atoms. The topological polar surface area (TPSA) is 54.5 Å². The van der Waals surface area contributed by atoms with E-state index in [2.05, 4.69) is 17.2 Å². The molecule has 2 heterocycles. The zero-order valence-electron chi connectivity index (χ0n) is 13.3. The Morgan fingerprint density at radius 1 is 1.48 bits per heavy atom. The molecule has 5 nitrogen and oxygen atoms in total. The monoisotopic (exact) mass is 311 g/mol. The number of thiazole rings is 1. The number of carbonyl (C=O) groups is 1. The van der Waals surface area contributed by atoms with E-state index < -0.39 is 5.60 Å². The molecule has 21 heavy (non-hydrogen) atoms. The van der Waals surface area contributed by atoms with Crippen LogP contribution in [0.1, 0.15) is 45.5 Å². The summed E-state index contributed by atoms with van der Waals surface area (Å²) in [6.07, 6.45) is 3.48. The molecule has 0 radical (unpaired) electrons. The Morgan fingerprint density at radius 2 is 2.14 bits per heavy atom. The molecule has 0 aromatic carbocycles. The first-order valence-corrected chi connectivity index (χ1v) is 8.27. The van der Waals surface area contributed by atoms with Gasteiger partial charge in [0, 0.05) is 36.8 Å². The van der Waals surface area contributed by atoms with Crippen LogP contribution in [0.3, 0.4) is 0 Å². The molecule has 1 fully saturated rings. The molecule has 1 saturated heterocycles. The summed E-state index contributed by atoms with van der Waals surface area (Å²) in [5, 5.41) is 6.67. The molecule has 2 rings (SSSR count). The van der Waals surface area contributed by atoms with Crippen LogP contribution in [-0.4, -0.2) is 40.2 Å². The van der Waals surface area contributed by atoms with Crippen molar-refractivity contribution in [3.8, 4) is 0 Å². The third-order valence-electron chi connectivity index (χ3n) is 3.67. The van der Waals surface area contributed by atoms with Gasteiger partial charge in [-0.1, -0.05) is 0 Å². The molecular formula is C15H25N3O2S. The largest absolute Gasteiger partial charge is 0.444 e. The van der Waals surface area contributed by atoms with E-state index in [9.17, 15) is 4.79 Å². The maximum absolute atomic E-state index is 12.0. The number of hydrogen-bond donors (Lipinski definition) is 1. The van der Waals surface area contributed by atoms with Crippen molar-refractivity contribution in [1.82, 2.24) is 15.2 Å². The van der Waals surface area contributed by atoms with Crippen molar-refractivity contribution in [1.29, 1.82) is 0 Å². The van der Waals surface area contributed by atoms with Crippen LogP contribution < -0.4 is 5.32 Å². The van der Waals surface area contributed by atoms with Crippen LogP contribution >= 0.6 is 11.3 Å². The lowest BCUT2D eigenvalue weighted by molar-refractivity contribution is 0.0156. The van der Waals surface area contributed by atoms with Gasteiger partial charge in [-0.3, -0.25) is 0 Å². The van der Waals surface area contributed by atoms with Crippen LogP contribution in [0.5, 0.6) is 0 Å². The molecule has 0 saturated carbocycles. The van der Waals surface area contributed by atoms with Crippen LogP contribution in [-0.2, 0) is 11.3 Å². The third-order valence-corrected chi connectivity index (χ3v) is 4.45. The Hall–Kier alpha value is -1.14. The SMILES string of the molecule is CC1(NCc2nccs2)CCN(C(=O)OC(C)(C)C)CC1. The summed E-state index contributed by atoms with van der Waals surface area (Å²) in [5.41, 5.74) is -0.370. The van der Waals surface area contributed by atoms with Gasteiger partial charge in [-0.2, -0.15) is 0 Å². The molecule has 0 aliphatic carbocycles. The van der Waals surface area contributed by atoms with Gasteiger partial charge in [-0.15, -0.1) is 11.3 Å². The maximum atomic E-state index is 12.0. The number of ether oxygens (including phenoxy) is 1. The van der Waals surface area contributed by atoms with Crippen molar-refractivity contribution in [3.05, 3.63) is 16.6 Å². The Bertz CT molecular complexity index is 460. The molecule has 1 N–H and O–H groups in total. The maximum Gasteiger partial charge on any atom is 0.410 e. The average Bonchev–Trinajstić information content (AvgIpc) is 2.88. The second kappa shape index (κ2) is 6.32. The summed E-state index contributed by atoms with van der Waals surface area (Å²) in [4.78, 5) is 18.1. The number of nitrogens with one attached hydrogen (secondary N) is 1. The van der Waals surface area contributed by atoms with Crippen LogP contribution in [0.4, 0.5) is 4.79 Å². The van der Waals surface area contributed by atoms with E-state index in [1.165, 1.54) is 0 Å². The van der Waals surface area contributed by atoms with Crippen LogP contribution in [0.15, 0.2) is 11.6 Å². The lowest BCUT2D eigenvalue weighted by Gasteiger charge is -2.40. The summed E-state index contributed by atoms with van der Waals surface area (Å²) < 4.78 is 5.42. The summed E-state index contributed by atoms with van der Waals surface area (Å²) >= 11 is 1.66. The molecule has 1 aromatic heterocycles. The average molecular weight is 311 g/mol. The number of piperidine rings is 1. The van der Waals surface area contributed by atoms with E-state index in [-0.39, 0.29) is 11.6 Å². The number of hydrogen-bond acceptors (Lipinski definition) is 5. The zero-order chi connectivity index (χ0) is 15.5. The molecule has 1 amide bonds. The highest BCUT2D eigenvalue weighted by Gasteiger charge is 2.33. The van der Waals surface area contributed by atoms with E-state index in [0.717, 1.165) is 37.5 Å². The minimum absolute atomic E-state index is 0.0597. The Labute approximate surface area is 130 Å². The Balaban J connectivity index is 1.80. The smallest absolute Gasteiger partial charge is 0.410 e. The van der Waals surface area contributed by atoms with Crippen molar-refractivity contribution in [2.24, 2.45) is 0 Å². The molecular weight excluding hydrogens is 286 g/mol. The normalized spacial score (nSPS) is 18.6. The van der Waals surface area contributed by atoms with Gasteiger partial charge in [0.15, 0.2) is 0 Å². The fourth-order valence-corrected chi connectivity index (χ4v) is 2.87. The number of nitrogens with zero attached hydrogens (tertiary/aromatic N) is 2. The van der Waals surface area contributed by atoms with E-state index in [4.69, 9.17) is 4.74 Å². The Morgan fingerprint density at radius 3 is 2.67 bits per heavy atom. The summed E-state index contributed by atoms with van der Waals surface area (Å²) in [6.45, 7) is 10.2. The lowest BCUT2D eigenvalue weighted by atomic mass is 9.90. The molecule has 0 spiro atoms. The summed E-state index contributed by atoms with van der Waals surface area (Å²) in [5.74, 6) is 0. The first kappa shape index (κ1) is 16.2. The standard InChI is InChI=1S/C15H25N3O2S/c1-14(2,3)20-13(19)18-8-5-15(4,6-9-18)17-11-12-16-7-10-21-12/h7,10,17H,5-6,8-9,11H2,1-4H3. The molecule has 1 aromatic rings. The first-order valence-electron chi connectivity index (χ1n) is 7.39. The highest BCUT2D eigenvalue weighted by atomic mass is 32.1. The Kier molecular flexibility index (Phi) is 4.88. The van der Waals surface area contributed by atoms with E-state index in [0.29, 0.717) is 0 Å². The second-order valence-corrected chi connectivity index (χ2v) is 7.79. The van der Waals surface area contributed by atoms with E-state index in [1.54, 1.807) is 16.2 Å². The van der Waals surface area contributed by atoms with Gasteiger partial charge >= 0.3 is 6.09 Å². The highest BCUT2D eigenvalue weighted by molar-refractivity contribution is 7.09. The van der Waals surface area contributed by atoms with Crippen molar-refractivity contribution >= 4 is 17.4 Å².